The number of carbonyl (C=O) groups is 3. The Labute approximate surface area is 202 Å². The quantitative estimate of drug-likeness (QED) is 0.424. The van der Waals surface area contributed by atoms with Gasteiger partial charge in [-0.25, -0.2) is 4.79 Å². The van der Waals surface area contributed by atoms with E-state index in [0.717, 1.165) is 11.3 Å². The minimum atomic E-state index is -1.51. The molecule has 2 heterocycles. The lowest BCUT2D eigenvalue weighted by Gasteiger charge is -2.36. The fraction of sp³-hybridized carbons (Fsp3) is 0.207. The lowest BCUT2D eigenvalue weighted by Crippen LogP contribution is -2.48. The molecule has 0 bridgehead atoms. The summed E-state index contributed by atoms with van der Waals surface area (Å²) in [7, 11) is 2.91. The number of benzene rings is 3. The zero-order valence-electron chi connectivity index (χ0n) is 19.3. The summed E-state index contributed by atoms with van der Waals surface area (Å²) < 4.78 is 10.6. The molecule has 174 valence electrons. The van der Waals surface area contributed by atoms with Crippen molar-refractivity contribution in [2.75, 3.05) is 19.1 Å². The van der Waals surface area contributed by atoms with Crippen molar-refractivity contribution in [1.29, 1.82) is 0 Å². The van der Waals surface area contributed by atoms with Crippen molar-refractivity contribution < 1.29 is 23.9 Å². The number of esters is 1. The molecule has 1 aliphatic carbocycles. The number of ether oxygens (including phenoxy) is 2. The molecule has 1 spiro atoms. The van der Waals surface area contributed by atoms with Crippen LogP contribution in [0.3, 0.4) is 0 Å². The third kappa shape index (κ3) is 2.68. The molecular formula is C29H23NO5. The molecule has 3 aliphatic rings. The molecule has 6 rings (SSSR count). The first-order valence-electron chi connectivity index (χ1n) is 11.5. The van der Waals surface area contributed by atoms with Gasteiger partial charge in [0.2, 0.25) is 0 Å². The van der Waals surface area contributed by atoms with Crippen LogP contribution in [-0.2, 0) is 9.53 Å². The van der Waals surface area contributed by atoms with Crippen LogP contribution in [0.1, 0.15) is 37.8 Å². The second kappa shape index (κ2) is 7.67. The van der Waals surface area contributed by atoms with Gasteiger partial charge in [-0.1, -0.05) is 66.7 Å². The minimum Gasteiger partial charge on any atom is -0.497 e. The lowest BCUT2D eigenvalue weighted by atomic mass is 9.65. The normalized spacial score (nSPS) is 23.1. The van der Waals surface area contributed by atoms with E-state index in [1.54, 1.807) is 43.5 Å². The number of nitrogens with zero attached hydrogens (tertiary/aromatic N) is 1. The summed E-state index contributed by atoms with van der Waals surface area (Å²) >= 11 is 0. The Morgan fingerprint density at radius 3 is 2.11 bits per heavy atom. The van der Waals surface area contributed by atoms with Gasteiger partial charge in [0, 0.05) is 22.7 Å². The van der Waals surface area contributed by atoms with Crippen LogP contribution in [0.25, 0.3) is 6.08 Å². The molecule has 1 fully saturated rings. The van der Waals surface area contributed by atoms with Crippen LogP contribution in [-0.4, -0.2) is 43.8 Å². The third-order valence-corrected chi connectivity index (χ3v) is 7.63. The number of fused-ring (bicyclic) bond motifs is 5. The topological polar surface area (TPSA) is 72.9 Å². The van der Waals surface area contributed by atoms with Crippen LogP contribution in [0, 0.1) is 5.41 Å². The van der Waals surface area contributed by atoms with Gasteiger partial charge in [-0.3, -0.25) is 9.59 Å². The maximum Gasteiger partial charge on any atom is 0.329 e. The summed E-state index contributed by atoms with van der Waals surface area (Å²) in [6.45, 7) is 0. The Hall–Kier alpha value is -4.19. The van der Waals surface area contributed by atoms with Crippen LogP contribution in [0.4, 0.5) is 5.69 Å². The van der Waals surface area contributed by atoms with E-state index in [1.807, 2.05) is 53.5 Å². The first kappa shape index (κ1) is 21.4. The molecule has 1 saturated heterocycles. The van der Waals surface area contributed by atoms with Crippen molar-refractivity contribution in [2.45, 2.75) is 18.0 Å². The Morgan fingerprint density at radius 2 is 1.49 bits per heavy atom. The molecule has 6 nitrogen and oxygen atoms in total. The predicted octanol–water partition coefficient (Wildman–Crippen LogP) is 4.30. The summed E-state index contributed by atoms with van der Waals surface area (Å²) in [6.07, 6.45) is 3.83. The van der Waals surface area contributed by atoms with E-state index in [4.69, 9.17) is 9.47 Å². The third-order valence-electron chi connectivity index (χ3n) is 7.63. The molecule has 0 amide bonds. The molecule has 35 heavy (non-hydrogen) atoms. The molecule has 0 saturated carbocycles. The van der Waals surface area contributed by atoms with E-state index in [9.17, 15) is 14.4 Å². The standard InChI is InChI=1S/C29H23NO5/c1-34-19-14-11-18(12-15-19)24-25(28(33)35-2)30-22-10-6-3-7-17(22)13-16-23(30)29(24)26(31)20-8-4-5-9-21(20)27(29)32/h3-16,23-25H,1-2H3/t23?,24-,25+/m0/s1. The van der Waals surface area contributed by atoms with Crippen LogP contribution < -0.4 is 9.64 Å². The number of methoxy groups -OCH3 is 2. The number of hydrogen-bond acceptors (Lipinski definition) is 6. The molecule has 3 aromatic rings. The molecule has 3 atom stereocenters. The van der Waals surface area contributed by atoms with Crippen molar-refractivity contribution in [3.8, 4) is 5.75 Å². The number of para-hydroxylation sites is 1. The Kier molecular flexibility index (Phi) is 4.68. The van der Waals surface area contributed by atoms with Gasteiger partial charge in [-0.15, -0.1) is 0 Å². The first-order valence-corrected chi connectivity index (χ1v) is 11.5. The van der Waals surface area contributed by atoms with E-state index in [-0.39, 0.29) is 11.6 Å². The number of ketones is 2. The van der Waals surface area contributed by atoms with E-state index in [1.165, 1.54) is 7.11 Å². The van der Waals surface area contributed by atoms with E-state index >= 15 is 0 Å². The summed E-state index contributed by atoms with van der Waals surface area (Å²) in [4.78, 5) is 44.0. The molecule has 6 heteroatoms. The number of Topliss-reactive ketones (excluding diaryl/α,β-unsaturated/α-hetero) is 2. The zero-order valence-corrected chi connectivity index (χ0v) is 19.3. The number of hydrogen-bond donors (Lipinski definition) is 0. The summed E-state index contributed by atoms with van der Waals surface area (Å²) in [5, 5.41) is 0. The smallest absolute Gasteiger partial charge is 0.329 e. The highest BCUT2D eigenvalue weighted by Gasteiger charge is 2.71. The first-order chi connectivity index (χ1) is 17.0. The summed E-state index contributed by atoms with van der Waals surface area (Å²) in [6, 6.07) is 20.3. The monoisotopic (exact) mass is 465 g/mol. The summed E-state index contributed by atoms with van der Waals surface area (Å²) in [5.74, 6) is -1.14. The van der Waals surface area contributed by atoms with Gasteiger partial charge < -0.3 is 14.4 Å². The largest absolute Gasteiger partial charge is 0.497 e. The van der Waals surface area contributed by atoms with E-state index in [0.29, 0.717) is 22.4 Å². The van der Waals surface area contributed by atoms with Crippen molar-refractivity contribution in [2.24, 2.45) is 5.41 Å². The van der Waals surface area contributed by atoms with Gasteiger partial charge in [0.1, 0.15) is 17.2 Å². The molecular weight excluding hydrogens is 442 g/mol. The van der Waals surface area contributed by atoms with Gasteiger partial charge in [0.15, 0.2) is 11.6 Å². The zero-order chi connectivity index (χ0) is 24.3. The summed E-state index contributed by atoms with van der Waals surface area (Å²) in [5.41, 5.74) is 1.70. The average molecular weight is 466 g/mol. The molecule has 0 radical (unpaired) electrons. The highest BCUT2D eigenvalue weighted by atomic mass is 16.5. The Morgan fingerprint density at radius 1 is 0.857 bits per heavy atom. The lowest BCUT2D eigenvalue weighted by molar-refractivity contribution is -0.142. The van der Waals surface area contributed by atoms with Crippen LogP contribution >= 0.6 is 0 Å². The predicted molar refractivity (Wildman–Crippen MR) is 131 cm³/mol. The van der Waals surface area contributed by atoms with Crippen LogP contribution in [0.15, 0.2) is 78.9 Å². The van der Waals surface area contributed by atoms with Gasteiger partial charge in [0.05, 0.1) is 20.3 Å². The van der Waals surface area contributed by atoms with E-state index in [2.05, 4.69) is 0 Å². The fourth-order valence-electron chi connectivity index (χ4n) is 6.19. The Bertz CT molecular complexity index is 1370. The van der Waals surface area contributed by atoms with Crippen LogP contribution in [0.5, 0.6) is 5.75 Å². The van der Waals surface area contributed by atoms with Crippen LogP contribution in [0.2, 0.25) is 0 Å². The van der Waals surface area contributed by atoms with Crippen molar-refractivity contribution in [3.63, 3.8) is 0 Å². The molecule has 2 aliphatic heterocycles. The second-order valence-corrected chi connectivity index (χ2v) is 9.06. The molecule has 3 aromatic carbocycles. The molecule has 1 unspecified atom stereocenters. The number of anilines is 1. The SMILES string of the molecule is COC(=O)[C@H]1[C@H](c2ccc(OC)cc2)C2(C(=O)c3ccccc3C2=O)C2C=Cc3ccccc3N21. The average Bonchev–Trinajstić information content (AvgIpc) is 3.35. The second-order valence-electron chi connectivity index (χ2n) is 9.06. The van der Waals surface area contributed by atoms with Crippen molar-refractivity contribution >= 4 is 29.3 Å². The van der Waals surface area contributed by atoms with Gasteiger partial charge >= 0.3 is 5.97 Å². The maximum absolute atomic E-state index is 14.3. The number of rotatable bonds is 3. The fourth-order valence-corrected chi connectivity index (χ4v) is 6.19. The van der Waals surface area contributed by atoms with Crippen molar-refractivity contribution in [3.05, 3.63) is 101 Å². The molecule has 0 N–H and O–H groups in total. The Balaban J connectivity index is 1.67. The highest BCUT2D eigenvalue weighted by molar-refractivity contribution is 6.32. The number of carbonyl (C=O) groups excluding carboxylic acids is 3. The van der Waals surface area contributed by atoms with Crippen molar-refractivity contribution in [1.82, 2.24) is 0 Å². The minimum absolute atomic E-state index is 0.260. The van der Waals surface area contributed by atoms with Gasteiger partial charge in [-0.2, -0.15) is 0 Å². The highest BCUT2D eigenvalue weighted by Crippen LogP contribution is 2.60. The van der Waals surface area contributed by atoms with Gasteiger partial charge in [0.25, 0.3) is 0 Å². The van der Waals surface area contributed by atoms with Gasteiger partial charge in [-0.05, 0) is 29.3 Å². The van der Waals surface area contributed by atoms with E-state index < -0.39 is 29.4 Å². The molecule has 0 aromatic heterocycles. The maximum atomic E-state index is 14.3.